The molecule has 14 aromatic carbocycles. The molecule has 0 spiro atoms. The minimum absolute atomic E-state index is 1.12. The van der Waals surface area contributed by atoms with Gasteiger partial charge in [0.2, 0.25) is 0 Å². The third-order valence-electron chi connectivity index (χ3n) is 15.8. The predicted octanol–water partition coefficient (Wildman–Crippen LogP) is 21.7. The lowest BCUT2D eigenvalue weighted by Crippen LogP contribution is -2.14. The molecule has 0 saturated carbocycles. The average Bonchev–Trinajstić information content (AvgIpc) is 3.41. The summed E-state index contributed by atoms with van der Waals surface area (Å²) in [6.07, 6.45) is 0. The Bertz CT molecular complexity index is 4230. The van der Waals surface area contributed by atoms with Crippen LogP contribution in [-0.2, 0) is 0 Å². The highest BCUT2D eigenvalue weighted by Gasteiger charge is 2.27. The summed E-state index contributed by atoms with van der Waals surface area (Å²) in [7, 11) is 0. The number of fused-ring (bicyclic) bond motifs is 2. The molecule has 14 rings (SSSR count). The fourth-order valence-electron chi connectivity index (χ4n) is 12.5. The van der Waals surface area contributed by atoms with Gasteiger partial charge in [-0.05, 0) is 164 Å². The van der Waals surface area contributed by atoms with Crippen molar-refractivity contribution in [2.75, 3.05) is 9.80 Å². The zero-order chi connectivity index (χ0) is 52.4. The molecule has 0 unspecified atom stereocenters. The SMILES string of the molecule is Cc1cc(C)cc(N(c2c(-c3ccccc3)ccc3ccc(-c4ccccc4)cc23)c2ccc3ccc4c(N(c5cc(C)cc(C)c5)c5c(-c6ccccc6)ccc6ccc(-c7ccccc7)cc56)ccc5ccc2c3c54)c1. The van der Waals surface area contributed by atoms with E-state index in [-0.39, 0.29) is 0 Å². The minimum Gasteiger partial charge on any atom is -0.309 e. The lowest BCUT2D eigenvalue weighted by Gasteiger charge is -2.32. The first kappa shape index (κ1) is 46.7. The molecule has 0 aromatic heterocycles. The Hall–Kier alpha value is -9.76. The topological polar surface area (TPSA) is 6.48 Å². The first-order valence-electron chi connectivity index (χ1n) is 27.1. The summed E-state index contributed by atoms with van der Waals surface area (Å²) in [4.78, 5) is 5.14. The van der Waals surface area contributed by atoms with Crippen LogP contribution in [0.4, 0.5) is 34.1 Å². The van der Waals surface area contributed by atoms with Crippen molar-refractivity contribution in [2.45, 2.75) is 27.7 Å². The molecule has 0 atom stereocenters. The maximum absolute atomic E-state index is 2.57. The fourth-order valence-corrected chi connectivity index (χ4v) is 12.5. The van der Waals surface area contributed by atoms with E-state index in [1.54, 1.807) is 0 Å². The second-order valence-corrected chi connectivity index (χ2v) is 21.2. The molecule has 0 bridgehead atoms. The van der Waals surface area contributed by atoms with Gasteiger partial charge >= 0.3 is 0 Å². The lowest BCUT2D eigenvalue weighted by molar-refractivity contribution is 1.27. The third kappa shape index (κ3) is 8.13. The van der Waals surface area contributed by atoms with Crippen LogP contribution in [-0.4, -0.2) is 0 Å². The molecule has 0 aliphatic carbocycles. The van der Waals surface area contributed by atoms with Crippen molar-refractivity contribution in [3.8, 4) is 44.5 Å². The van der Waals surface area contributed by atoms with E-state index in [1.807, 2.05) is 0 Å². The third-order valence-corrected chi connectivity index (χ3v) is 15.8. The zero-order valence-corrected chi connectivity index (χ0v) is 44.3. The molecule has 0 fully saturated rings. The van der Waals surface area contributed by atoms with Crippen LogP contribution in [0.3, 0.4) is 0 Å². The maximum Gasteiger partial charge on any atom is 0.0618 e. The van der Waals surface area contributed by atoms with Crippen molar-refractivity contribution >= 4 is 88.0 Å². The highest BCUT2D eigenvalue weighted by atomic mass is 15.2. The molecular weight excluding hydrogens is 941 g/mol. The largest absolute Gasteiger partial charge is 0.309 e. The van der Waals surface area contributed by atoms with Crippen LogP contribution in [0.5, 0.6) is 0 Å². The summed E-state index contributed by atoms with van der Waals surface area (Å²) in [5.41, 5.74) is 21.1. The van der Waals surface area contributed by atoms with Gasteiger partial charge in [0.1, 0.15) is 0 Å². The first-order chi connectivity index (χ1) is 38.3. The maximum atomic E-state index is 2.57. The van der Waals surface area contributed by atoms with Gasteiger partial charge in [-0.1, -0.05) is 218 Å². The Morgan fingerprint density at radius 1 is 0.231 bits per heavy atom. The number of benzene rings is 14. The quantitative estimate of drug-likeness (QED) is 0.126. The monoisotopic (exact) mass is 996 g/mol. The van der Waals surface area contributed by atoms with Crippen LogP contribution < -0.4 is 9.80 Å². The second-order valence-electron chi connectivity index (χ2n) is 21.2. The van der Waals surface area contributed by atoms with Gasteiger partial charge in [-0.15, -0.1) is 0 Å². The standard InChI is InChI=1S/C76H56N2/c1-49-41-50(2)44-63(43-49)77(75-65(55-21-13-7-14-22-55)35-29-57-25-27-61(47-69(57)75)53-17-9-5-10-18-53)71-39-33-59-32-38-68-72(40-34-60-31-37-67(71)73(59)74(60)68)78(64-45-51(3)42-52(4)46-64)76-66(56-23-15-8-16-24-56)36-30-58-26-28-62(48-70(58)76)54-19-11-6-12-20-54/h5-48H,1-4H3. The second kappa shape index (κ2) is 19.1. The molecule has 0 heterocycles. The number of rotatable bonds is 10. The van der Waals surface area contributed by atoms with Crippen LogP contribution >= 0.6 is 0 Å². The van der Waals surface area contributed by atoms with Gasteiger partial charge in [0, 0.05) is 44.0 Å². The predicted molar refractivity (Wildman–Crippen MR) is 335 cm³/mol. The number of aryl methyl sites for hydroxylation is 4. The average molecular weight is 997 g/mol. The molecule has 14 aromatic rings. The van der Waals surface area contributed by atoms with Crippen molar-refractivity contribution in [3.63, 3.8) is 0 Å². The number of hydrogen-bond donors (Lipinski definition) is 0. The van der Waals surface area contributed by atoms with Crippen LogP contribution in [0.1, 0.15) is 22.3 Å². The molecular formula is C76H56N2. The van der Waals surface area contributed by atoms with Gasteiger partial charge in [-0.2, -0.15) is 0 Å². The molecule has 370 valence electrons. The highest BCUT2D eigenvalue weighted by Crippen LogP contribution is 2.53. The van der Waals surface area contributed by atoms with Gasteiger partial charge in [0.15, 0.2) is 0 Å². The van der Waals surface area contributed by atoms with E-state index in [0.717, 1.165) is 34.1 Å². The van der Waals surface area contributed by atoms with E-state index in [9.17, 15) is 0 Å². The summed E-state index contributed by atoms with van der Waals surface area (Å²) >= 11 is 0. The molecule has 78 heavy (non-hydrogen) atoms. The molecule has 0 radical (unpaired) electrons. The van der Waals surface area contributed by atoms with Crippen molar-refractivity contribution in [1.82, 2.24) is 0 Å². The van der Waals surface area contributed by atoms with E-state index in [0.29, 0.717) is 0 Å². The summed E-state index contributed by atoms with van der Waals surface area (Å²) in [6.45, 7) is 8.88. The van der Waals surface area contributed by atoms with E-state index < -0.39 is 0 Å². The van der Waals surface area contributed by atoms with Crippen molar-refractivity contribution in [2.24, 2.45) is 0 Å². The van der Waals surface area contributed by atoms with Crippen LogP contribution in [0.2, 0.25) is 0 Å². The molecule has 0 saturated heterocycles. The normalized spacial score (nSPS) is 11.6. The summed E-state index contributed by atoms with van der Waals surface area (Å²) in [5, 5.41) is 12.0. The molecule has 2 heteroatoms. The lowest BCUT2D eigenvalue weighted by atomic mass is 9.90. The van der Waals surface area contributed by atoms with Gasteiger partial charge < -0.3 is 9.80 Å². The molecule has 0 aliphatic heterocycles. The molecule has 0 amide bonds. The van der Waals surface area contributed by atoms with Crippen LogP contribution in [0.15, 0.2) is 267 Å². The molecule has 2 nitrogen and oxygen atoms in total. The van der Waals surface area contributed by atoms with Crippen LogP contribution in [0.25, 0.3) is 98.4 Å². The number of hydrogen-bond acceptors (Lipinski definition) is 2. The molecule has 0 N–H and O–H groups in total. The Balaban J connectivity index is 1.08. The Morgan fingerprint density at radius 3 is 0.923 bits per heavy atom. The highest BCUT2D eigenvalue weighted by molar-refractivity contribution is 6.29. The summed E-state index contributed by atoms with van der Waals surface area (Å²) in [6, 6.07) is 99.5. The van der Waals surface area contributed by atoms with Gasteiger partial charge in [-0.3, -0.25) is 0 Å². The summed E-state index contributed by atoms with van der Waals surface area (Å²) < 4.78 is 0. The van der Waals surface area contributed by atoms with E-state index in [4.69, 9.17) is 0 Å². The zero-order valence-electron chi connectivity index (χ0n) is 44.3. The number of nitrogens with zero attached hydrogens (tertiary/aromatic N) is 2. The number of anilines is 6. The van der Waals surface area contributed by atoms with Gasteiger partial charge in [-0.25, -0.2) is 0 Å². The fraction of sp³-hybridized carbons (Fsp3) is 0.0526. The van der Waals surface area contributed by atoms with Gasteiger partial charge in [0.05, 0.1) is 22.7 Å². The Kier molecular flexibility index (Phi) is 11.5. The summed E-state index contributed by atoms with van der Waals surface area (Å²) in [5.74, 6) is 0. The first-order valence-corrected chi connectivity index (χ1v) is 27.1. The van der Waals surface area contributed by atoms with Crippen molar-refractivity contribution in [1.29, 1.82) is 0 Å². The van der Waals surface area contributed by atoms with Crippen molar-refractivity contribution < 1.29 is 0 Å². The Morgan fingerprint density at radius 2 is 0.551 bits per heavy atom. The Labute approximate surface area is 456 Å². The van der Waals surface area contributed by atoms with E-state index >= 15 is 0 Å². The van der Waals surface area contributed by atoms with E-state index in [1.165, 1.54) is 121 Å². The van der Waals surface area contributed by atoms with Crippen molar-refractivity contribution in [3.05, 3.63) is 289 Å². The smallest absolute Gasteiger partial charge is 0.0618 e. The van der Waals surface area contributed by atoms with Gasteiger partial charge in [0.25, 0.3) is 0 Å². The van der Waals surface area contributed by atoms with E-state index in [2.05, 4.69) is 304 Å². The van der Waals surface area contributed by atoms with Crippen LogP contribution in [0, 0.1) is 27.7 Å². The molecule has 0 aliphatic rings. The minimum atomic E-state index is 1.12.